The fourth-order valence-electron chi connectivity index (χ4n) is 1.58. The van der Waals surface area contributed by atoms with Gasteiger partial charge in [-0.05, 0) is 30.5 Å². The van der Waals surface area contributed by atoms with Gasteiger partial charge < -0.3 is 9.84 Å². The molecule has 0 heterocycles. The van der Waals surface area contributed by atoms with Gasteiger partial charge in [0.05, 0.1) is 11.6 Å². The summed E-state index contributed by atoms with van der Waals surface area (Å²) in [6.45, 7) is 5.72. The first-order valence-corrected chi connectivity index (χ1v) is 7.19. The van der Waals surface area contributed by atoms with Gasteiger partial charge in [0.25, 0.3) is 0 Å². The van der Waals surface area contributed by atoms with Crippen LogP contribution in [0.25, 0.3) is 0 Å². The number of aliphatic carboxylic acids is 1. The summed E-state index contributed by atoms with van der Waals surface area (Å²) < 4.78 is 5.38. The molecule has 1 N–H and O–H groups in total. The van der Waals surface area contributed by atoms with E-state index in [2.05, 4.69) is 6.58 Å². The van der Waals surface area contributed by atoms with Crippen molar-refractivity contribution in [3.05, 3.63) is 39.9 Å². The van der Waals surface area contributed by atoms with Gasteiger partial charge in [-0.2, -0.15) is 0 Å². The number of benzene rings is 1. The first-order valence-electron chi connectivity index (χ1n) is 6.43. The van der Waals surface area contributed by atoms with Crippen molar-refractivity contribution in [3.8, 4) is 5.75 Å². The zero-order valence-corrected chi connectivity index (χ0v) is 13.1. The summed E-state index contributed by atoms with van der Waals surface area (Å²) in [7, 11) is 0. The lowest BCUT2D eigenvalue weighted by Gasteiger charge is -2.11. The topological polar surface area (TPSA) is 63.6 Å². The second-order valence-electron chi connectivity index (χ2n) is 4.37. The predicted molar refractivity (Wildman–Crippen MR) is 82.6 cm³/mol. The number of carbonyl (C=O) groups excluding carboxylic acids is 1. The van der Waals surface area contributed by atoms with Crippen LogP contribution in [0, 0.1) is 0 Å². The van der Waals surface area contributed by atoms with Crippen molar-refractivity contribution in [3.63, 3.8) is 0 Å². The van der Waals surface area contributed by atoms with Gasteiger partial charge in [0.15, 0.2) is 5.78 Å². The van der Waals surface area contributed by atoms with Crippen LogP contribution < -0.4 is 4.74 Å². The number of carboxylic acid groups (broad SMARTS) is 1. The first-order chi connectivity index (χ1) is 9.88. The average Bonchev–Trinajstić information content (AvgIpc) is 2.46. The Bertz CT molecular complexity index is 567. The number of ether oxygens (including phenoxy) is 1. The molecular formula is C15H16Cl2O4. The summed E-state index contributed by atoms with van der Waals surface area (Å²) >= 11 is 12.2. The molecule has 0 aromatic heterocycles. The van der Waals surface area contributed by atoms with Crippen molar-refractivity contribution >= 4 is 35.0 Å². The van der Waals surface area contributed by atoms with E-state index in [1.54, 1.807) is 6.07 Å². The van der Waals surface area contributed by atoms with Gasteiger partial charge >= 0.3 is 5.97 Å². The van der Waals surface area contributed by atoms with Gasteiger partial charge in [-0.1, -0.05) is 36.7 Å². The Balaban J connectivity index is 2.83. The van der Waals surface area contributed by atoms with Gasteiger partial charge in [-0.15, -0.1) is 0 Å². The van der Waals surface area contributed by atoms with Crippen molar-refractivity contribution in [1.82, 2.24) is 0 Å². The van der Waals surface area contributed by atoms with Gasteiger partial charge in [0.2, 0.25) is 0 Å². The summed E-state index contributed by atoms with van der Waals surface area (Å²) in [6.07, 6.45) is 0.898. The van der Waals surface area contributed by atoms with E-state index in [1.165, 1.54) is 6.07 Å². The van der Waals surface area contributed by atoms with Crippen LogP contribution in [0.1, 0.15) is 36.5 Å². The zero-order valence-electron chi connectivity index (χ0n) is 11.6. The van der Waals surface area contributed by atoms with E-state index in [-0.39, 0.29) is 34.4 Å². The third-order valence-electron chi connectivity index (χ3n) is 2.83. The number of rotatable bonds is 8. The van der Waals surface area contributed by atoms with Crippen molar-refractivity contribution in [1.29, 1.82) is 0 Å². The molecular weight excluding hydrogens is 315 g/mol. The van der Waals surface area contributed by atoms with Gasteiger partial charge in [0.1, 0.15) is 10.8 Å². The largest absolute Gasteiger partial charge is 0.492 e. The molecule has 1 rings (SSSR count). The van der Waals surface area contributed by atoms with Crippen molar-refractivity contribution in [2.24, 2.45) is 0 Å². The normalized spacial score (nSPS) is 10.2. The number of ketones is 1. The standard InChI is InChI=1S/C15H16Cl2O4/c1-3-9(2)15(20)10-6-7-11(14(17)13(10)16)21-8-4-5-12(18)19/h6-7H,2-5,8H2,1H3,(H,18,19). The Morgan fingerprint density at radius 1 is 1.29 bits per heavy atom. The Morgan fingerprint density at radius 2 is 1.95 bits per heavy atom. The summed E-state index contributed by atoms with van der Waals surface area (Å²) in [6, 6.07) is 3.08. The summed E-state index contributed by atoms with van der Waals surface area (Å²) in [4.78, 5) is 22.4. The van der Waals surface area contributed by atoms with E-state index in [0.29, 0.717) is 24.2 Å². The molecule has 0 amide bonds. The lowest BCUT2D eigenvalue weighted by atomic mass is 10.0. The predicted octanol–water partition coefficient (Wildman–Crippen LogP) is 4.39. The molecule has 0 unspecified atom stereocenters. The van der Waals surface area contributed by atoms with Gasteiger partial charge in [-0.3, -0.25) is 9.59 Å². The molecule has 0 radical (unpaired) electrons. The third-order valence-corrected chi connectivity index (χ3v) is 3.70. The summed E-state index contributed by atoms with van der Waals surface area (Å²) in [5, 5.41) is 8.79. The van der Waals surface area contributed by atoms with E-state index < -0.39 is 5.97 Å². The van der Waals surface area contributed by atoms with E-state index in [0.717, 1.165) is 0 Å². The maximum Gasteiger partial charge on any atom is 0.303 e. The molecule has 0 bridgehead atoms. The number of carboxylic acids is 1. The fourth-order valence-corrected chi connectivity index (χ4v) is 2.04. The van der Waals surface area contributed by atoms with Crippen LogP contribution in [0.15, 0.2) is 24.3 Å². The average molecular weight is 331 g/mol. The van der Waals surface area contributed by atoms with E-state index in [9.17, 15) is 9.59 Å². The quantitative estimate of drug-likeness (QED) is 0.436. The molecule has 114 valence electrons. The summed E-state index contributed by atoms with van der Waals surface area (Å²) in [5.74, 6) is -0.811. The molecule has 0 saturated carbocycles. The minimum absolute atomic E-state index is 0.0121. The maximum atomic E-state index is 12.0. The minimum atomic E-state index is -0.887. The fraction of sp³-hybridized carbons (Fsp3) is 0.333. The molecule has 1 aromatic carbocycles. The summed E-state index contributed by atoms with van der Waals surface area (Å²) in [5.41, 5.74) is 0.731. The molecule has 4 nitrogen and oxygen atoms in total. The highest BCUT2D eigenvalue weighted by Crippen LogP contribution is 2.35. The zero-order chi connectivity index (χ0) is 16.0. The van der Waals surface area contributed by atoms with E-state index >= 15 is 0 Å². The molecule has 0 aliphatic rings. The number of Topliss-reactive ketones (excluding diaryl/α,β-unsaturated/α-hetero) is 1. The molecule has 0 fully saturated rings. The number of halogens is 2. The third kappa shape index (κ3) is 4.76. The van der Waals surface area contributed by atoms with E-state index in [1.807, 2.05) is 6.92 Å². The highest BCUT2D eigenvalue weighted by atomic mass is 35.5. The molecule has 0 spiro atoms. The lowest BCUT2D eigenvalue weighted by Crippen LogP contribution is -2.05. The van der Waals surface area contributed by atoms with Crippen LogP contribution in [-0.4, -0.2) is 23.5 Å². The van der Waals surface area contributed by atoms with Crippen LogP contribution in [0.4, 0.5) is 0 Å². The Morgan fingerprint density at radius 3 is 2.52 bits per heavy atom. The molecule has 0 aliphatic heterocycles. The highest BCUT2D eigenvalue weighted by Gasteiger charge is 2.18. The van der Waals surface area contributed by atoms with Crippen LogP contribution in [0.3, 0.4) is 0 Å². The Labute approximate surface area is 133 Å². The lowest BCUT2D eigenvalue weighted by molar-refractivity contribution is -0.137. The molecule has 6 heteroatoms. The number of hydrogen-bond acceptors (Lipinski definition) is 3. The van der Waals surface area contributed by atoms with Crippen molar-refractivity contribution < 1.29 is 19.4 Å². The van der Waals surface area contributed by atoms with Crippen molar-refractivity contribution in [2.45, 2.75) is 26.2 Å². The minimum Gasteiger partial charge on any atom is -0.492 e. The molecule has 21 heavy (non-hydrogen) atoms. The van der Waals surface area contributed by atoms with Crippen LogP contribution in [-0.2, 0) is 4.79 Å². The highest BCUT2D eigenvalue weighted by molar-refractivity contribution is 6.45. The second kappa shape index (κ2) is 8.05. The molecule has 0 saturated heterocycles. The van der Waals surface area contributed by atoms with Crippen LogP contribution in [0.2, 0.25) is 10.0 Å². The Kier molecular flexibility index (Phi) is 6.72. The first kappa shape index (κ1) is 17.5. The number of allylic oxidation sites excluding steroid dienone is 1. The molecule has 0 aliphatic carbocycles. The SMILES string of the molecule is C=C(CC)C(=O)c1ccc(OCCCC(=O)O)c(Cl)c1Cl. The van der Waals surface area contributed by atoms with Gasteiger partial charge in [0, 0.05) is 12.0 Å². The smallest absolute Gasteiger partial charge is 0.303 e. The van der Waals surface area contributed by atoms with E-state index in [4.69, 9.17) is 33.0 Å². The van der Waals surface area contributed by atoms with Crippen LogP contribution >= 0.6 is 23.2 Å². The monoisotopic (exact) mass is 330 g/mol. The number of hydrogen-bond donors (Lipinski definition) is 1. The van der Waals surface area contributed by atoms with Gasteiger partial charge in [-0.25, -0.2) is 0 Å². The molecule has 1 aromatic rings. The molecule has 0 atom stereocenters. The number of carbonyl (C=O) groups is 2. The van der Waals surface area contributed by atoms with Crippen molar-refractivity contribution in [2.75, 3.05) is 6.61 Å². The maximum absolute atomic E-state index is 12.0. The Hall–Kier alpha value is -1.52. The van der Waals surface area contributed by atoms with Crippen LogP contribution in [0.5, 0.6) is 5.75 Å². The second-order valence-corrected chi connectivity index (χ2v) is 5.13.